The molecule has 1 heterocycles. The molecular formula is C14H25N5O. The van der Waals surface area contributed by atoms with Crippen molar-refractivity contribution < 1.29 is 4.79 Å². The predicted molar refractivity (Wildman–Crippen MR) is 76.9 cm³/mol. The third-order valence-electron chi connectivity index (χ3n) is 4.37. The summed E-state index contributed by atoms with van der Waals surface area (Å²) in [6, 6.07) is 0. The van der Waals surface area contributed by atoms with Crippen LogP contribution in [0.5, 0.6) is 0 Å². The molecule has 20 heavy (non-hydrogen) atoms. The van der Waals surface area contributed by atoms with E-state index in [2.05, 4.69) is 15.5 Å². The maximum Gasteiger partial charge on any atom is 0.227 e. The average Bonchev–Trinajstić information content (AvgIpc) is 2.73. The number of amides is 1. The van der Waals surface area contributed by atoms with Crippen LogP contribution in [0.2, 0.25) is 0 Å². The van der Waals surface area contributed by atoms with Gasteiger partial charge in [-0.2, -0.15) is 0 Å². The lowest BCUT2D eigenvalue weighted by molar-refractivity contribution is -0.131. The van der Waals surface area contributed by atoms with Crippen LogP contribution in [0.15, 0.2) is 6.33 Å². The van der Waals surface area contributed by atoms with E-state index in [1.165, 1.54) is 12.8 Å². The molecule has 0 atom stereocenters. The second-order valence-electron chi connectivity index (χ2n) is 5.76. The average molecular weight is 279 g/mol. The Morgan fingerprint density at radius 3 is 2.65 bits per heavy atom. The first-order chi connectivity index (χ1) is 9.68. The summed E-state index contributed by atoms with van der Waals surface area (Å²) in [6.45, 7) is 1.04. The van der Waals surface area contributed by atoms with Crippen LogP contribution in [0.3, 0.4) is 0 Å². The van der Waals surface area contributed by atoms with Crippen molar-refractivity contribution in [1.29, 1.82) is 0 Å². The molecular weight excluding hydrogens is 254 g/mol. The smallest absolute Gasteiger partial charge is 0.227 e. The lowest BCUT2D eigenvalue weighted by Crippen LogP contribution is -2.46. The Bertz CT molecular complexity index is 435. The zero-order valence-corrected chi connectivity index (χ0v) is 12.3. The van der Waals surface area contributed by atoms with Crippen molar-refractivity contribution >= 4 is 5.91 Å². The Labute approximate surface area is 120 Å². The van der Waals surface area contributed by atoms with Gasteiger partial charge in [0.25, 0.3) is 0 Å². The maximum absolute atomic E-state index is 12.5. The van der Waals surface area contributed by atoms with Gasteiger partial charge in [0.1, 0.15) is 12.2 Å². The topological polar surface area (TPSA) is 85.8 Å². The van der Waals surface area contributed by atoms with E-state index in [0.717, 1.165) is 31.5 Å². The molecule has 0 spiro atoms. The first-order valence-corrected chi connectivity index (χ1v) is 7.49. The van der Waals surface area contributed by atoms with Gasteiger partial charge in [-0.25, -0.2) is 0 Å². The van der Waals surface area contributed by atoms with E-state index in [9.17, 15) is 4.79 Å². The number of nitrogens with two attached hydrogens (primary N) is 1. The van der Waals surface area contributed by atoms with E-state index in [0.29, 0.717) is 19.5 Å². The standard InChI is InChI=1S/C14H25N5O/c1-19-11-17-18-12(19)6-9-16-13(20)14(10-15)7-4-2-3-5-8-14/h11H,2-10,15H2,1H3,(H,16,20). The van der Waals surface area contributed by atoms with Crippen LogP contribution in [-0.2, 0) is 18.3 Å². The molecule has 0 unspecified atom stereocenters. The van der Waals surface area contributed by atoms with Crippen molar-refractivity contribution in [3.63, 3.8) is 0 Å². The van der Waals surface area contributed by atoms with Gasteiger partial charge in [-0.15, -0.1) is 10.2 Å². The summed E-state index contributed by atoms with van der Waals surface area (Å²) in [5.74, 6) is 0.997. The van der Waals surface area contributed by atoms with Gasteiger partial charge in [0.2, 0.25) is 5.91 Å². The molecule has 1 aromatic rings. The zero-order valence-electron chi connectivity index (χ0n) is 12.3. The molecule has 1 aliphatic carbocycles. The molecule has 0 aromatic carbocycles. The number of aromatic nitrogens is 3. The first-order valence-electron chi connectivity index (χ1n) is 7.49. The van der Waals surface area contributed by atoms with Crippen molar-refractivity contribution in [3.05, 3.63) is 12.2 Å². The number of aryl methyl sites for hydroxylation is 1. The Hall–Kier alpha value is -1.43. The van der Waals surface area contributed by atoms with Gasteiger partial charge in [-0.3, -0.25) is 4.79 Å². The third-order valence-corrected chi connectivity index (χ3v) is 4.37. The summed E-state index contributed by atoms with van der Waals surface area (Å²) in [4.78, 5) is 12.5. The van der Waals surface area contributed by atoms with Crippen LogP contribution < -0.4 is 11.1 Å². The molecule has 112 valence electrons. The lowest BCUT2D eigenvalue weighted by atomic mass is 9.79. The van der Waals surface area contributed by atoms with Crippen LogP contribution in [0, 0.1) is 5.41 Å². The molecule has 3 N–H and O–H groups in total. The molecule has 1 aromatic heterocycles. The predicted octanol–water partition coefficient (Wildman–Crippen LogP) is 0.773. The minimum atomic E-state index is -0.351. The quantitative estimate of drug-likeness (QED) is 0.780. The highest BCUT2D eigenvalue weighted by Crippen LogP contribution is 2.34. The molecule has 0 saturated heterocycles. The zero-order chi connectivity index (χ0) is 14.4. The number of hydrogen-bond acceptors (Lipinski definition) is 4. The van der Waals surface area contributed by atoms with E-state index < -0.39 is 0 Å². The number of nitrogens with zero attached hydrogens (tertiary/aromatic N) is 3. The monoisotopic (exact) mass is 279 g/mol. The Morgan fingerprint density at radius 2 is 2.10 bits per heavy atom. The summed E-state index contributed by atoms with van der Waals surface area (Å²) < 4.78 is 1.87. The molecule has 0 radical (unpaired) electrons. The van der Waals surface area contributed by atoms with E-state index >= 15 is 0 Å². The molecule has 0 aliphatic heterocycles. The van der Waals surface area contributed by atoms with Gasteiger partial charge in [0, 0.05) is 26.6 Å². The fourth-order valence-electron chi connectivity index (χ4n) is 2.94. The van der Waals surface area contributed by atoms with E-state index in [1.807, 2.05) is 11.6 Å². The molecule has 1 fully saturated rings. The lowest BCUT2D eigenvalue weighted by Gasteiger charge is -2.29. The highest BCUT2D eigenvalue weighted by molar-refractivity contribution is 5.82. The van der Waals surface area contributed by atoms with Crippen molar-refractivity contribution in [3.8, 4) is 0 Å². The van der Waals surface area contributed by atoms with Gasteiger partial charge in [-0.05, 0) is 12.8 Å². The van der Waals surface area contributed by atoms with Crippen molar-refractivity contribution in [2.45, 2.75) is 44.9 Å². The van der Waals surface area contributed by atoms with Crippen molar-refractivity contribution in [1.82, 2.24) is 20.1 Å². The van der Waals surface area contributed by atoms with Crippen LogP contribution in [0.25, 0.3) is 0 Å². The highest BCUT2D eigenvalue weighted by atomic mass is 16.2. The molecule has 6 heteroatoms. The van der Waals surface area contributed by atoms with Gasteiger partial charge in [-0.1, -0.05) is 25.7 Å². The van der Waals surface area contributed by atoms with E-state index in [-0.39, 0.29) is 11.3 Å². The summed E-state index contributed by atoms with van der Waals surface area (Å²) >= 11 is 0. The maximum atomic E-state index is 12.5. The number of carbonyl (C=O) groups excluding carboxylic acids is 1. The van der Waals surface area contributed by atoms with Gasteiger partial charge < -0.3 is 15.6 Å². The number of rotatable bonds is 5. The van der Waals surface area contributed by atoms with Crippen LogP contribution in [-0.4, -0.2) is 33.8 Å². The molecule has 1 aliphatic rings. The normalized spacial score (nSPS) is 18.5. The number of nitrogens with one attached hydrogen (secondary N) is 1. The fourth-order valence-corrected chi connectivity index (χ4v) is 2.94. The van der Waals surface area contributed by atoms with E-state index in [4.69, 9.17) is 5.73 Å². The molecule has 6 nitrogen and oxygen atoms in total. The summed E-state index contributed by atoms with van der Waals surface area (Å²) in [5, 5.41) is 10.9. The van der Waals surface area contributed by atoms with Gasteiger partial charge in [0.05, 0.1) is 5.41 Å². The Morgan fingerprint density at radius 1 is 1.40 bits per heavy atom. The summed E-state index contributed by atoms with van der Waals surface area (Å²) in [5.41, 5.74) is 5.56. The fraction of sp³-hybridized carbons (Fsp3) is 0.786. The summed E-state index contributed by atoms with van der Waals surface area (Å²) in [6.07, 6.45) is 8.84. The largest absolute Gasteiger partial charge is 0.355 e. The van der Waals surface area contributed by atoms with Crippen molar-refractivity contribution in [2.75, 3.05) is 13.1 Å². The van der Waals surface area contributed by atoms with Crippen LogP contribution in [0.4, 0.5) is 0 Å². The Kier molecular flexibility index (Phi) is 5.11. The van der Waals surface area contributed by atoms with E-state index in [1.54, 1.807) is 6.33 Å². The van der Waals surface area contributed by atoms with Crippen LogP contribution >= 0.6 is 0 Å². The molecule has 2 rings (SSSR count). The second-order valence-corrected chi connectivity index (χ2v) is 5.76. The van der Waals surface area contributed by atoms with Crippen molar-refractivity contribution in [2.24, 2.45) is 18.2 Å². The molecule has 0 bridgehead atoms. The number of carbonyl (C=O) groups is 1. The number of hydrogen-bond donors (Lipinski definition) is 2. The third kappa shape index (κ3) is 3.36. The molecule has 1 amide bonds. The second kappa shape index (κ2) is 6.83. The SMILES string of the molecule is Cn1cnnc1CCNC(=O)C1(CN)CCCCCC1. The molecule has 1 saturated carbocycles. The van der Waals surface area contributed by atoms with Gasteiger partial charge in [0.15, 0.2) is 0 Å². The highest BCUT2D eigenvalue weighted by Gasteiger charge is 2.36. The van der Waals surface area contributed by atoms with Crippen LogP contribution in [0.1, 0.15) is 44.3 Å². The minimum absolute atomic E-state index is 0.115. The first kappa shape index (κ1) is 15.0. The summed E-state index contributed by atoms with van der Waals surface area (Å²) in [7, 11) is 1.91. The Balaban J connectivity index is 1.87. The minimum Gasteiger partial charge on any atom is -0.355 e. The van der Waals surface area contributed by atoms with Gasteiger partial charge >= 0.3 is 0 Å².